The maximum absolute atomic E-state index is 12.2. The van der Waals surface area contributed by atoms with Crippen LogP contribution in [0.1, 0.15) is 19.8 Å². The predicted molar refractivity (Wildman–Crippen MR) is 85.3 cm³/mol. The van der Waals surface area contributed by atoms with Crippen molar-refractivity contribution in [3.05, 3.63) is 24.3 Å². The molecule has 106 valence electrons. The van der Waals surface area contributed by atoms with Gasteiger partial charge in [0.15, 0.2) is 4.34 Å². The first-order valence-corrected chi connectivity index (χ1v) is 8.69. The molecule has 0 bridgehead atoms. The average Bonchev–Trinajstić information content (AvgIpc) is 3.22. The molecular weight excluding hydrogens is 288 g/mol. The summed E-state index contributed by atoms with van der Waals surface area (Å²) in [5.41, 5.74) is 1.02. The van der Waals surface area contributed by atoms with Crippen LogP contribution in [-0.4, -0.2) is 34.6 Å². The van der Waals surface area contributed by atoms with E-state index in [2.05, 4.69) is 18.0 Å². The van der Waals surface area contributed by atoms with Gasteiger partial charge in [-0.25, -0.2) is 4.98 Å². The molecule has 1 amide bonds. The first-order valence-electron chi connectivity index (χ1n) is 6.89. The van der Waals surface area contributed by atoms with E-state index in [0.29, 0.717) is 11.8 Å². The molecule has 0 aliphatic heterocycles. The van der Waals surface area contributed by atoms with Gasteiger partial charge in [-0.3, -0.25) is 4.79 Å². The van der Waals surface area contributed by atoms with Crippen molar-refractivity contribution in [1.82, 2.24) is 9.88 Å². The van der Waals surface area contributed by atoms with E-state index < -0.39 is 0 Å². The summed E-state index contributed by atoms with van der Waals surface area (Å²) < 4.78 is 2.16. The van der Waals surface area contributed by atoms with Crippen molar-refractivity contribution in [3.63, 3.8) is 0 Å². The molecule has 1 aliphatic rings. The van der Waals surface area contributed by atoms with Crippen LogP contribution >= 0.6 is 23.1 Å². The highest BCUT2D eigenvalue weighted by molar-refractivity contribution is 8.01. The normalized spacial score (nSPS) is 16.3. The zero-order chi connectivity index (χ0) is 14.1. The van der Waals surface area contributed by atoms with E-state index in [4.69, 9.17) is 0 Å². The van der Waals surface area contributed by atoms with E-state index in [1.54, 1.807) is 23.1 Å². The number of aromatic nitrogens is 1. The van der Waals surface area contributed by atoms with Crippen molar-refractivity contribution in [2.45, 2.75) is 30.1 Å². The summed E-state index contributed by atoms with van der Waals surface area (Å²) in [5, 5.41) is 0. The van der Waals surface area contributed by atoms with Gasteiger partial charge in [0.1, 0.15) is 0 Å². The lowest BCUT2D eigenvalue weighted by atomic mass is 10.2. The number of hydrogen-bond acceptors (Lipinski definition) is 4. The Kier molecular flexibility index (Phi) is 3.98. The minimum atomic E-state index is 0.202. The molecule has 1 fully saturated rings. The van der Waals surface area contributed by atoms with Gasteiger partial charge in [0.25, 0.3) is 0 Å². The van der Waals surface area contributed by atoms with Gasteiger partial charge in [-0.05, 0) is 37.8 Å². The Labute approximate surface area is 127 Å². The second-order valence-corrected chi connectivity index (χ2v) is 7.57. The van der Waals surface area contributed by atoms with Gasteiger partial charge in [-0.2, -0.15) is 0 Å². The van der Waals surface area contributed by atoms with Crippen LogP contribution in [0.4, 0.5) is 0 Å². The van der Waals surface area contributed by atoms with E-state index in [1.165, 1.54) is 17.5 Å². The molecule has 2 aromatic rings. The molecule has 20 heavy (non-hydrogen) atoms. The van der Waals surface area contributed by atoms with Crippen molar-refractivity contribution in [2.24, 2.45) is 5.92 Å². The Morgan fingerprint density at radius 3 is 2.95 bits per heavy atom. The highest BCUT2D eigenvalue weighted by atomic mass is 32.2. The fourth-order valence-electron chi connectivity index (χ4n) is 2.26. The smallest absolute Gasteiger partial charge is 0.233 e. The molecule has 1 heterocycles. The molecule has 1 aliphatic carbocycles. The lowest BCUT2D eigenvalue weighted by Crippen LogP contribution is -2.37. The Hall–Kier alpha value is -1.07. The van der Waals surface area contributed by atoms with Gasteiger partial charge in [0.2, 0.25) is 5.91 Å². The first kappa shape index (κ1) is 13.9. The number of nitrogens with zero attached hydrogens (tertiary/aromatic N) is 2. The van der Waals surface area contributed by atoms with Crippen molar-refractivity contribution in [1.29, 1.82) is 0 Å². The lowest BCUT2D eigenvalue weighted by Gasteiger charge is -2.24. The third-order valence-electron chi connectivity index (χ3n) is 3.90. The third kappa shape index (κ3) is 2.99. The van der Waals surface area contributed by atoms with Crippen LogP contribution in [0.2, 0.25) is 0 Å². The number of carbonyl (C=O) groups is 1. The summed E-state index contributed by atoms with van der Waals surface area (Å²) >= 11 is 3.21. The van der Waals surface area contributed by atoms with Crippen LogP contribution in [0.5, 0.6) is 0 Å². The number of benzene rings is 1. The zero-order valence-electron chi connectivity index (χ0n) is 11.7. The van der Waals surface area contributed by atoms with Crippen molar-refractivity contribution >= 4 is 39.2 Å². The summed E-state index contributed by atoms with van der Waals surface area (Å²) in [4.78, 5) is 18.6. The maximum Gasteiger partial charge on any atom is 0.233 e. The van der Waals surface area contributed by atoms with E-state index in [1.807, 2.05) is 30.1 Å². The number of para-hydroxylation sites is 1. The quantitative estimate of drug-likeness (QED) is 0.791. The molecule has 0 saturated heterocycles. The van der Waals surface area contributed by atoms with Crippen LogP contribution in [0.25, 0.3) is 10.2 Å². The number of rotatable bonds is 5. The number of fused-ring (bicyclic) bond motifs is 1. The first-order chi connectivity index (χ1) is 9.65. The van der Waals surface area contributed by atoms with E-state index in [-0.39, 0.29) is 5.91 Å². The molecule has 1 aromatic carbocycles. The van der Waals surface area contributed by atoms with Crippen LogP contribution in [-0.2, 0) is 4.79 Å². The number of amides is 1. The molecule has 3 nitrogen and oxygen atoms in total. The molecular formula is C15H18N2OS2. The van der Waals surface area contributed by atoms with Gasteiger partial charge in [0, 0.05) is 13.1 Å². The van der Waals surface area contributed by atoms with Crippen LogP contribution in [0.15, 0.2) is 28.6 Å². The Morgan fingerprint density at radius 2 is 2.25 bits per heavy atom. The average molecular weight is 306 g/mol. The zero-order valence-corrected chi connectivity index (χ0v) is 13.3. The van der Waals surface area contributed by atoms with E-state index in [9.17, 15) is 4.79 Å². The number of hydrogen-bond donors (Lipinski definition) is 0. The van der Waals surface area contributed by atoms with Gasteiger partial charge in [-0.15, -0.1) is 11.3 Å². The van der Waals surface area contributed by atoms with E-state index in [0.717, 1.165) is 15.8 Å². The molecule has 1 unspecified atom stereocenters. The number of carbonyl (C=O) groups excluding carboxylic acids is 1. The van der Waals surface area contributed by atoms with Crippen molar-refractivity contribution in [2.75, 3.05) is 12.8 Å². The van der Waals surface area contributed by atoms with Crippen LogP contribution in [0.3, 0.4) is 0 Å². The monoisotopic (exact) mass is 306 g/mol. The maximum atomic E-state index is 12.2. The van der Waals surface area contributed by atoms with Gasteiger partial charge in [-0.1, -0.05) is 23.9 Å². The Morgan fingerprint density at radius 1 is 1.50 bits per heavy atom. The summed E-state index contributed by atoms with van der Waals surface area (Å²) in [6.07, 6.45) is 2.54. The second kappa shape index (κ2) is 5.74. The summed E-state index contributed by atoms with van der Waals surface area (Å²) in [7, 11) is 1.92. The Bertz CT molecular complexity index is 588. The largest absolute Gasteiger partial charge is 0.342 e. The molecule has 5 heteroatoms. The molecule has 1 aromatic heterocycles. The van der Waals surface area contributed by atoms with E-state index >= 15 is 0 Å². The second-order valence-electron chi connectivity index (χ2n) is 5.32. The van der Waals surface area contributed by atoms with Crippen molar-refractivity contribution in [3.8, 4) is 0 Å². The fraction of sp³-hybridized carbons (Fsp3) is 0.467. The highest BCUT2D eigenvalue weighted by Gasteiger charge is 2.32. The fourth-order valence-corrected chi connectivity index (χ4v) is 4.25. The summed E-state index contributed by atoms with van der Waals surface area (Å²) in [6, 6.07) is 8.47. The molecule has 1 saturated carbocycles. The predicted octanol–water partition coefficient (Wildman–Crippen LogP) is 3.65. The lowest BCUT2D eigenvalue weighted by molar-refractivity contribution is -0.129. The number of thiazole rings is 1. The Balaban J connectivity index is 1.59. The summed E-state index contributed by atoms with van der Waals surface area (Å²) in [6.45, 7) is 2.15. The number of thioether (sulfide) groups is 1. The van der Waals surface area contributed by atoms with Gasteiger partial charge in [0.05, 0.1) is 16.0 Å². The molecule has 0 radical (unpaired) electrons. The van der Waals surface area contributed by atoms with Gasteiger partial charge < -0.3 is 4.90 Å². The molecule has 3 rings (SSSR count). The van der Waals surface area contributed by atoms with Crippen LogP contribution in [0, 0.1) is 5.92 Å². The SMILES string of the molecule is CC(C1CC1)N(C)C(=O)CSc1nc2ccccc2s1. The van der Waals surface area contributed by atoms with Crippen molar-refractivity contribution < 1.29 is 4.79 Å². The van der Waals surface area contributed by atoms with Gasteiger partial charge >= 0.3 is 0 Å². The molecule has 0 spiro atoms. The molecule has 1 atom stereocenters. The third-order valence-corrected chi connectivity index (χ3v) is 6.07. The standard InChI is InChI=1S/C15H18N2OS2/c1-10(11-7-8-11)17(2)14(18)9-19-15-16-12-5-3-4-6-13(12)20-15/h3-6,10-11H,7-9H2,1-2H3. The molecule has 0 N–H and O–H groups in total. The topological polar surface area (TPSA) is 33.2 Å². The van der Waals surface area contributed by atoms with Crippen LogP contribution < -0.4 is 0 Å². The minimum Gasteiger partial charge on any atom is -0.342 e. The minimum absolute atomic E-state index is 0.202. The summed E-state index contributed by atoms with van der Waals surface area (Å²) in [5.74, 6) is 1.40. The highest BCUT2D eigenvalue weighted by Crippen LogP contribution is 2.35.